The number of hydrogen-bond donors (Lipinski definition) is 2. The second-order valence-electron chi connectivity index (χ2n) is 4.84. The number of rotatable bonds is 5. The van der Waals surface area contributed by atoms with Gasteiger partial charge in [0.2, 0.25) is 0 Å². The van der Waals surface area contributed by atoms with Crippen LogP contribution in [0.4, 0.5) is 0 Å². The van der Waals surface area contributed by atoms with E-state index in [1.54, 1.807) is 6.20 Å². The van der Waals surface area contributed by atoms with Crippen LogP contribution in [0.1, 0.15) is 24.4 Å². The highest BCUT2D eigenvalue weighted by atomic mass is 15.3. The molecular weight excluding hydrogens is 262 g/mol. The van der Waals surface area contributed by atoms with Gasteiger partial charge in [0.15, 0.2) is 0 Å². The Hall–Kier alpha value is -2.53. The largest absolute Gasteiger partial charge is 0.303 e. The van der Waals surface area contributed by atoms with Crippen LogP contribution in [-0.2, 0) is 6.54 Å². The monoisotopic (exact) mass is 279 g/mol. The second kappa shape index (κ2) is 6.28. The zero-order chi connectivity index (χ0) is 14.5. The predicted molar refractivity (Wildman–Crippen MR) is 81.3 cm³/mol. The Morgan fingerprint density at radius 2 is 1.86 bits per heavy atom. The van der Waals surface area contributed by atoms with E-state index < -0.39 is 0 Å². The number of hydrogen-bond acceptors (Lipinski definition) is 4. The van der Waals surface area contributed by atoms with Gasteiger partial charge < -0.3 is 5.32 Å². The Balaban J connectivity index is 1.71. The molecule has 0 radical (unpaired) electrons. The molecule has 5 nitrogen and oxygen atoms in total. The molecule has 21 heavy (non-hydrogen) atoms. The lowest BCUT2D eigenvalue weighted by atomic mass is 10.1. The van der Waals surface area contributed by atoms with E-state index in [1.807, 2.05) is 48.5 Å². The number of benzene rings is 1. The molecule has 1 atom stereocenters. The fourth-order valence-electron chi connectivity index (χ4n) is 2.19. The van der Waals surface area contributed by atoms with Crippen LogP contribution in [0.3, 0.4) is 0 Å². The Labute approximate surface area is 123 Å². The van der Waals surface area contributed by atoms with Crippen molar-refractivity contribution in [1.82, 2.24) is 25.7 Å². The molecule has 106 valence electrons. The van der Waals surface area contributed by atoms with Crippen molar-refractivity contribution in [3.05, 3.63) is 66.1 Å². The van der Waals surface area contributed by atoms with Gasteiger partial charge in [-0.2, -0.15) is 15.4 Å². The first-order chi connectivity index (χ1) is 10.3. The summed E-state index contributed by atoms with van der Waals surface area (Å²) >= 11 is 0. The molecule has 1 aromatic carbocycles. The van der Waals surface area contributed by atoms with Gasteiger partial charge in [0.25, 0.3) is 0 Å². The lowest BCUT2D eigenvalue weighted by Crippen LogP contribution is -2.19. The minimum absolute atomic E-state index is 0.159. The van der Waals surface area contributed by atoms with E-state index in [4.69, 9.17) is 0 Å². The van der Waals surface area contributed by atoms with E-state index in [1.165, 1.54) is 0 Å². The summed E-state index contributed by atoms with van der Waals surface area (Å²) in [4.78, 5) is 4.35. The molecule has 0 bridgehead atoms. The van der Waals surface area contributed by atoms with Crippen molar-refractivity contribution in [2.45, 2.75) is 19.5 Å². The Kier molecular flexibility index (Phi) is 4.02. The first kappa shape index (κ1) is 13.5. The number of pyridine rings is 1. The molecular formula is C16H17N5. The molecule has 2 heterocycles. The van der Waals surface area contributed by atoms with E-state index in [2.05, 4.69) is 32.6 Å². The summed E-state index contributed by atoms with van der Waals surface area (Å²) in [5, 5.41) is 14.6. The molecule has 2 aromatic heterocycles. The predicted octanol–water partition coefficient (Wildman–Crippen LogP) is 2.72. The lowest BCUT2D eigenvalue weighted by molar-refractivity contribution is 0.555. The minimum Gasteiger partial charge on any atom is -0.303 e. The maximum atomic E-state index is 4.35. The first-order valence-corrected chi connectivity index (χ1v) is 6.94. The molecule has 0 unspecified atom stereocenters. The van der Waals surface area contributed by atoms with Crippen LogP contribution in [0.5, 0.6) is 0 Å². The van der Waals surface area contributed by atoms with Crippen molar-refractivity contribution >= 4 is 0 Å². The molecule has 3 rings (SSSR count). The van der Waals surface area contributed by atoms with Gasteiger partial charge in [-0.05, 0) is 19.1 Å². The fraction of sp³-hybridized carbons (Fsp3) is 0.188. The van der Waals surface area contributed by atoms with Gasteiger partial charge in [-0.15, -0.1) is 0 Å². The highest BCUT2D eigenvalue weighted by Gasteiger charge is 2.12. The molecule has 0 saturated carbocycles. The molecule has 0 aliphatic rings. The van der Waals surface area contributed by atoms with Crippen LogP contribution in [0.2, 0.25) is 0 Å². The maximum Gasteiger partial charge on any atom is 0.117 e. The van der Waals surface area contributed by atoms with Crippen LogP contribution in [0, 0.1) is 0 Å². The van der Waals surface area contributed by atoms with Crippen molar-refractivity contribution in [2.24, 2.45) is 0 Å². The summed E-state index contributed by atoms with van der Waals surface area (Å²) < 4.78 is 0. The van der Waals surface area contributed by atoms with E-state index in [0.717, 1.165) is 22.6 Å². The zero-order valence-corrected chi connectivity index (χ0v) is 11.8. The number of H-pyrrole nitrogens is 1. The quantitative estimate of drug-likeness (QED) is 0.753. The Morgan fingerprint density at radius 1 is 1.05 bits per heavy atom. The Bertz CT molecular complexity index is 678. The van der Waals surface area contributed by atoms with E-state index in [-0.39, 0.29) is 6.04 Å². The summed E-state index contributed by atoms with van der Waals surface area (Å²) in [6.45, 7) is 2.73. The second-order valence-corrected chi connectivity index (χ2v) is 4.84. The third-order valence-electron chi connectivity index (χ3n) is 3.37. The SMILES string of the molecule is C[C@H](NCc1n[nH]nc1-c1ccccc1)c1ccccn1. The summed E-state index contributed by atoms with van der Waals surface area (Å²) in [5.74, 6) is 0. The molecule has 0 aliphatic heterocycles. The summed E-state index contributed by atoms with van der Waals surface area (Å²) in [6, 6.07) is 16.1. The molecule has 5 heteroatoms. The van der Waals surface area contributed by atoms with E-state index in [0.29, 0.717) is 6.54 Å². The third-order valence-corrected chi connectivity index (χ3v) is 3.37. The zero-order valence-electron chi connectivity index (χ0n) is 11.8. The van der Waals surface area contributed by atoms with Gasteiger partial charge >= 0.3 is 0 Å². The normalized spacial score (nSPS) is 12.2. The van der Waals surface area contributed by atoms with Crippen LogP contribution < -0.4 is 5.32 Å². The van der Waals surface area contributed by atoms with Gasteiger partial charge in [-0.3, -0.25) is 4.98 Å². The third kappa shape index (κ3) is 3.14. The van der Waals surface area contributed by atoms with Gasteiger partial charge in [0, 0.05) is 24.3 Å². The highest BCUT2D eigenvalue weighted by molar-refractivity contribution is 5.60. The molecule has 0 aliphatic carbocycles. The van der Waals surface area contributed by atoms with Crippen molar-refractivity contribution in [1.29, 1.82) is 0 Å². The number of aromatic nitrogens is 4. The van der Waals surface area contributed by atoms with Crippen LogP contribution >= 0.6 is 0 Å². The standard InChI is InChI=1S/C16H17N5/c1-12(14-9-5-6-10-17-14)18-11-15-16(20-21-19-15)13-7-3-2-4-8-13/h2-10,12,18H,11H2,1H3,(H,19,20,21)/t12-/m0/s1. The smallest absolute Gasteiger partial charge is 0.117 e. The van der Waals surface area contributed by atoms with Crippen LogP contribution in [-0.4, -0.2) is 20.4 Å². The van der Waals surface area contributed by atoms with Crippen molar-refractivity contribution in [2.75, 3.05) is 0 Å². The minimum atomic E-state index is 0.159. The summed E-state index contributed by atoms with van der Waals surface area (Å²) in [5.41, 5.74) is 3.87. The molecule has 2 N–H and O–H groups in total. The van der Waals surface area contributed by atoms with Crippen LogP contribution in [0.15, 0.2) is 54.7 Å². The van der Waals surface area contributed by atoms with E-state index >= 15 is 0 Å². The molecule has 0 fully saturated rings. The van der Waals surface area contributed by atoms with Crippen LogP contribution in [0.25, 0.3) is 11.3 Å². The lowest BCUT2D eigenvalue weighted by Gasteiger charge is -2.12. The maximum absolute atomic E-state index is 4.35. The van der Waals surface area contributed by atoms with Gasteiger partial charge in [0.1, 0.15) is 11.4 Å². The first-order valence-electron chi connectivity index (χ1n) is 6.94. The van der Waals surface area contributed by atoms with Gasteiger partial charge in [-0.25, -0.2) is 0 Å². The molecule has 0 saturated heterocycles. The number of nitrogens with zero attached hydrogens (tertiary/aromatic N) is 3. The Morgan fingerprint density at radius 3 is 2.62 bits per heavy atom. The highest BCUT2D eigenvalue weighted by Crippen LogP contribution is 2.19. The van der Waals surface area contributed by atoms with E-state index in [9.17, 15) is 0 Å². The number of nitrogens with one attached hydrogen (secondary N) is 2. The molecule has 0 spiro atoms. The number of aromatic amines is 1. The fourth-order valence-corrected chi connectivity index (χ4v) is 2.19. The topological polar surface area (TPSA) is 66.5 Å². The van der Waals surface area contributed by atoms with Crippen molar-refractivity contribution in [3.8, 4) is 11.3 Å². The summed E-state index contributed by atoms with van der Waals surface area (Å²) in [6.07, 6.45) is 1.80. The molecule has 0 amide bonds. The van der Waals surface area contributed by atoms with Crippen molar-refractivity contribution in [3.63, 3.8) is 0 Å². The molecule has 3 aromatic rings. The van der Waals surface area contributed by atoms with Gasteiger partial charge in [-0.1, -0.05) is 36.4 Å². The van der Waals surface area contributed by atoms with Crippen molar-refractivity contribution < 1.29 is 0 Å². The van der Waals surface area contributed by atoms with Gasteiger partial charge in [0.05, 0.1) is 5.69 Å². The summed E-state index contributed by atoms with van der Waals surface area (Å²) in [7, 11) is 0. The average molecular weight is 279 g/mol. The average Bonchev–Trinajstić information content (AvgIpc) is 3.03.